The summed E-state index contributed by atoms with van der Waals surface area (Å²) in [5.74, 6) is 0.547. The Morgan fingerprint density at radius 3 is 2.60 bits per heavy atom. The Bertz CT molecular complexity index is 1140. The Hall–Kier alpha value is -3.00. The largest absolute Gasteiger partial charge is 0.350 e. The normalized spacial score (nSPS) is 16.5. The molecule has 1 saturated heterocycles. The molecule has 9 heteroatoms. The van der Waals surface area contributed by atoms with Gasteiger partial charge in [-0.05, 0) is 68.5 Å². The summed E-state index contributed by atoms with van der Waals surface area (Å²) in [4.78, 5) is 31.9. The summed E-state index contributed by atoms with van der Waals surface area (Å²) in [7, 11) is 0. The Balaban J connectivity index is 1.78. The predicted molar refractivity (Wildman–Crippen MR) is 138 cm³/mol. The molecule has 2 heterocycles. The fourth-order valence-corrected chi connectivity index (χ4v) is 4.31. The second kappa shape index (κ2) is 12.6. The highest BCUT2D eigenvalue weighted by atomic mass is 35.5. The highest BCUT2D eigenvalue weighted by Gasteiger charge is 2.27. The second-order valence-electron chi connectivity index (χ2n) is 8.97. The Labute approximate surface area is 210 Å². The van der Waals surface area contributed by atoms with Crippen LogP contribution in [0.2, 0.25) is 0 Å². The van der Waals surface area contributed by atoms with E-state index in [9.17, 15) is 14.0 Å². The molecule has 0 aliphatic carbocycles. The molecule has 1 fully saturated rings. The van der Waals surface area contributed by atoms with Gasteiger partial charge in [-0.1, -0.05) is 31.9 Å². The number of nitrogens with zero attached hydrogens (tertiary/aromatic N) is 5. The summed E-state index contributed by atoms with van der Waals surface area (Å²) >= 11 is 5.77. The van der Waals surface area contributed by atoms with Crippen LogP contribution in [0.4, 0.5) is 4.39 Å². The number of halogens is 2. The van der Waals surface area contributed by atoms with E-state index in [-0.39, 0.29) is 29.2 Å². The predicted octanol–water partition coefficient (Wildman–Crippen LogP) is 5.03. The van der Waals surface area contributed by atoms with Crippen molar-refractivity contribution in [3.05, 3.63) is 63.7 Å². The molecule has 1 aromatic heterocycles. The van der Waals surface area contributed by atoms with E-state index < -0.39 is 0 Å². The minimum Gasteiger partial charge on any atom is -0.342 e. The summed E-state index contributed by atoms with van der Waals surface area (Å²) in [6.45, 7) is 7.66. The van der Waals surface area contributed by atoms with Crippen LogP contribution in [-0.2, 0) is 11.3 Å². The van der Waals surface area contributed by atoms with Crippen molar-refractivity contribution >= 4 is 29.8 Å². The molecule has 188 valence electrons. The van der Waals surface area contributed by atoms with E-state index in [4.69, 9.17) is 11.6 Å². The zero-order chi connectivity index (χ0) is 25.4. The van der Waals surface area contributed by atoms with Gasteiger partial charge >= 0.3 is 5.69 Å². The molecule has 7 nitrogen and oxygen atoms in total. The quantitative estimate of drug-likeness (QED) is 0.452. The molecule has 2 aromatic rings. The lowest BCUT2D eigenvalue weighted by Crippen LogP contribution is -2.42. The molecule has 1 aliphatic heterocycles. The van der Waals surface area contributed by atoms with E-state index in [1.165, 1.54) is 27.6 Å². The first kappa shape index (κ1) is 26.6. The van der Waals surface area contributed by atoms with Crippen LogP contribution >= 0.6 is 11.6 Å². The summed E-state index contributed by atoms with van der Waals surface area (Å²) in [5, 5.41) is 5.10. The van der Waals surface area contributed by atoms with Crippen LogP contribution in [0, 0.1) is 17.7 Å². The van der Waals surface area contributed by atoms with Gasteiger partial charge in [0.05, 0.1) is 5.69 Å². The minimum atomic E-state index is -0.379. The van der Waals surface area contributed by atoms with Crippen LogP contribution in [0.1, 0.15) is 52.3 Å². The van der Waals surface area contributed by atoms with Crippen molar-refractivity contribution in [1.82, 2.24) is 19.2 Å². The number of piperidine rings is 1. The zero-order valence-corrected chi connectivity index (χ0v) is 21.3. The van der Waals surface area contributed by atoms with Crippen molar-refractivity contribution in [2.75, 3.05) is 13.1 Å². The smallest absolute Gasteiger partial charge is 0.342 e. The van der Waals surface area contributed by atoms with Gasteiger partial charge in [-0.2, -0.15) is 0 Å². The Morgan fingerprint density at radius 2 is 1.97 bits per heavy atom. The van der Waals surface area contributed by atoms with E-state index in [0.717, 1.165) is 25.7 Å². The molecule has 0 N–H and O–H groups in total. The molecule has 0 saturated carbocycles. The molecule has 3 rings (SSSR count). The number of benzene rings is 1. The monoisotopic (exact) mass is 501 g/mol. The molecular formula is C26H33ClFN5O2. The maximum absolute atomic E-state index is 13.5. The molecular weight excluding hydrogens is 469 g/mol. The number of allylic oxidation sites excluding steroid dienone is 2. The summed E-state index contributed by atoms with van der Waals surface area (Å²) in [5.41, 5.74) is 0.237. The molecule has 35 heavy (non-hydrogen) atoms. The Morgan fingerprint density at radius 1 is 1.29 bits per heavy atom. The van der Waals surface area contributed by atoms with Crippen LogP contribution in [-0.4, -0.2) is 44.5 Å². The van der Waals surface area contributed by atoms with Crippen molar-refractivity contribution in [3.8, 4) is 5.69 Å². The van der Waals surface area contributed by atoms with E-state index >= 15 is 0 Å². The van der Waals surface area contributed by atoms with Crippen LogP contribution in [0.15, 0.2) is 51.4 Å². The van der Waals surface area contributed by atoms with Crippen LogP contribution in [0.5, 0.6) is 0 Å². The number of hydrogen-bond acceptors (Lipinski definition) is 4. The number of likely N-dealkylation sites (tertiary alicyclic amines) is 1. The third-order valence-electron chi connectivity index (χ3n) is 6.12. The third-order valence-corrected chi connectivity index (χ3v) is 6.22. The number of carbonyl (C=O) groups excluding carboxylic acids is 1. The van der Waals surface area contributed by atoms with E-state index in [0.29, 0.717) is 36.2 Å². The molecule has 1 aliphatic rings. The molecule has 1 atom stereocenters. The zero-order valence-electron chi connectivity index (χ0n) is 20.5. The number of hydrogen-bond donors (Lipinski definition) is 0. The maximum Gasteiger partial charge on any atom is 0.350 e. The van der Waals surface area contributed by atoms with Crippen LogP contribution < -0.4 is 5.69 Å². The maximum atomic E-state index is 13.5. The first-order chi connectivity index (χ1) is 16.8. The number of carbonyl (C=O) groups is 1. The van der Waals surface area contributed by atoms with Crippen molar-refractivity contribution < 1.29 is 9.18 Å². The number of rotatable bonds is 9. The van der Waals surface area contributed by atoms with Gasteiger partial charge in [0, 0.05) is 43.0 Å². The summed E-state index contributed by atoms with van der Waals surface area (Å²) in [6.07, 6.45) is 9.95. The van der Waals surface area contributed by atoms with Gasteiger partial charge in [-0.3, -0.25) is 9.79 Å². The number of aliphatic imine (C=N–C) groups is 1. The fraction of sp³-hybridized carbons (Fsp3) is 0.462. The average Bonchev–Trinajstić information content (AvgIpc) is 3.14. The van der Waals surface area contributed by atoms with Gasteiger partial charge < -0.3 is 4.90 Å². The van der Waals surface area contributed by atoms with E-state index in [1.54, 1.807) is 37.4 Å². The fourth-order valence-electron chi connectivity index (χ4n) is 4.26. The van der Waals surface area contributed by atoms with Gasteiger partial charge in [-0.25, -0.2) is 18.4 Å². The van der Waals surface area contributed by atoms with Gasteiger partial charge in [0.2, 0.25) is 5.91 Å². The number of amides is 1. The topological polar surface area (TPSA) is 72.5 Å². The van der Waals surface area contributed by atoms with Gasteiger partial charge in [0.25, 0.3) is 0 Å². The van der Waals surface area contributed by atoms with Crippen molar-refractivity contribution in [3.63, 3.8) is 0 Å². The SMILES string of the molecule is CCCC(C)C(=O)N1CCC(Cn2nc(/C=C/C=N\C=C(/C)Cl)n(-c3ccc(F)cc3)c2=O)CC1. The van der Waals surface area contributed by atoms with Crippen molar-refractivity contribution in [2.45, 2.75) is 53.0 Å². The lowest BCUT2D eigenvalue weighted by Gasteiger charge is -2.33. The van der Waals surface area contributed by atoms with Crippen LogP contribution in [0.25, 0.3) is 11.8 Å². The Kier molecular flexibility index (Phi) is 9.60. The third kappa shape index (κ3) is 7.24. The van der Waals surface area contributed by atoms with Gasteiger partial charge in [-0.15, -0.1) is 5.10 Å². The molecule has 1 aromatic carbocycles. The van der Waals surface area contributed by atoms with Gasteiger partial charge in [0.15, 0.2) is 5.82 Å². The average molecular weight is 502 g/mol. The molecule has 0 spiro atoms. The van der Waals surface area contributed by atoms with Crippen molar-refractivity contribution in [2.24, 2.45) is 16.8 Å². The highest BCUT2D eigenvalue weighted by Crippen LogP contribution is 2.21. The minimum absolute atomic E-state index is 0.0484. The number of aromatic nitrogens is 3. The lowest BCUT2D eigenvalue weighted by atomic mass is 9.95. The lowest BCUT2D eigenvalue weighted by molar-refractivity contribution is -0.136. The van der Waals surface area contributed by atoms with Crippen molar-refractivity contribution in [1.29, 1.82) is 0 Å². The van der Waals surface area contributed by atoms with E-state index in [2.05, 4.69) is 17.0 Å². The molecule has 1 unspecified atom stereocenters. The first-order valence-corrected chi connectivity index (χ1v) is 12.4. The first-order valence-electron chi connectivity index (χ1n) is 12.1. The molecule has 0 bridgehead atoms. The van der Waals surface area contributed by atoms with Crippen LogP contribution in [0.3, 0.4) is 0 Å². The van der Waals surface area contributed by atoms with E-state index in [1.807, 2.05) is 11.8 Å². The van der Waals surface area contributed by atoms with Gasteiger partial charge in [0.1, 0.15) is 5.82 Å². The highest BCUT2D eigenvalue weighted by molar-refractivity contribution is 6.29. The second-order valence-corrected chi connectivity index (χ2v) is 9.56. The summed E-state index contributed by atoms with van der Waals surface area (Å²) < 4.78 is 16.4. The summed E-state index contributed by atoms with van der Waals surface area (Å²) in [6, 6.07) is 5.73. The standard InChI is InChI=1S/C26H33ClFN5O2/c1-4-6-19(2)25(34)31-15-12-21(13-16-31)18-32-26(35)33(23-10-8-22(28)9-11-23)24(30-32)7-5-14-29-17-20(3)27/h5,7-11,14,17,19,21H,4,6,12-13,15-16,18H2,1-3H3/b7-5+,20-17+,29-14-. The molecule has 0 radical (unpaired) electrons. The molecule has 1 amide bonds.